The lowest BCUT2D eigenvalue weighted by atomic mass is 10.0. The summed E-state index contributed by atoms with van der Waals surface area (Å²) in [6.45, 7) is 0.718. The zero-order valence-corrected chi connectivity index (χ0v) is 10.8. The number of aryl methyl sites for hydroxylation is 1. The molecule has 3 rings (SSSR count). The van der Waals surface area contributed by atoms with E-state index in [1.54, 1.807) is 0 Å². The summed E-state index contributed by atoms with van der Waals surface area (Å²) in [5.74, 6) is -0.597. The van der Waals surface area contributed by atoms with Gasteiger partial charge in [-0.15, -0.1) is 10.2 Å². The summed E-state index contributed by atoms with van der Waals surface area (Å²) in [5, 5.41) is 17.1. The molecule has 1 aliphatic rings. The van der Waals surface area contributed by atoms with Crippen molar-refractivity contribution in [1.82, 2.24) is 10.2 Å². The number of hydrogen-bond donors (Lipinski definition) is 2. The van der Waals surface area contributed by atoms with Gasteiger partial charge in [0.05, 0.1) is 0 Å². The van der Waals surface area contributed by atoms with Gasteiger partial charge >= 0.3 is 5.97 Å². The number of fused-ring (bicyclic) bond motifs is 1. The maximum absolute atomic E-state index is 11.4. The van der Waals surface area contributed by atoms with E-state index in [2.05, 4.69) is 10.2 Å². The topological polar surface area (TPSA) is 92.3 Å². The molecule has 0 radical (unpaired) electrons. The molecule has 6 heteroatoms. The first kappa shape index (κ1) is 12.4. The molecule has 0 bridgehead atoms. The summed E-state index contributed by atoms with van der Waals surface area (Å²) in [4.78, 5) is 13.3. The second-order valence-electron chi connectivity index (χ2n) is 4.70. The smallest absolute Gasteiger partial charge is 0.339 e. The third kappa shape index (κ3) is 2.05. The van der Waals surface area contributed by atoms with Crippen LogP contribution in [0.2, 0.25) is 0 Å². The van der Waals surface area contributed by atoms with Crippen LogP contribution in [0.25, 0.3) is 0 Å². The molecule has 1 aliphatic heterocycles. The molecule has 0 unspecified atom stereocenters. The van der Waals surface area contributed by atoms with Crippen molar-refractivity contribution < 1.29 is 9.90 Å². The largest absolute Gasteiger partial charge is 0.478 e. The van der Waals surface area contributed by atoms with Crippen molar-refractivity contribution in [2.75, 3.05) is 17.2 Å². The van der Waals surface area contributed by atoms with Crippen molar-refractivity contribution in [3.8, 4) is 0 Å². The van der Waals surface area contributed by atoms with Gasteiger partial charge in [0.1, 0.15) is 11.4 Å². The zero-order chi connectivity index (χ0) is 14.1. The van der Waals surface area contributed by atoms with E-state index in [1.807, 2.05) is 29.2 Å². The molecule has 0 amide bonds. The number of nitrogens with zero attached hydrogens (tertiary/aromatic N) is 3. The van der Waals surface area contributed by atoms with Crippen LogP contribution in [0.1, 0.15) is 22.3 Å². The number of nitrogen functional groups attached to an aromatic ring is 1. The van der Waals surface area contributed by atoms with E-state index in [1.165, 1.54) is 11.6 Å². The van der Waals surface area contributed by atoms with Gasteiger partial charge in [-0.1, -0.05) is 18.2 Å². The van der Waals surface area contributed by atoms with Crippen molar-refractivity contribution in [3.63, 3.8) is 0 Å². The normalized spacial score (nSPS) is 13.9. The SMILES string of the molecule is Nc1cc(C(=O)O)c(N2CCCc3ccccc32)nn1. The van der Waals surface area contributed by atoms with Gasteiger partial charge < -0.3 is 15.7 Å². The molecule has 6 nitrogen and oxygen atoms in total. The van der Waals surface area contributed by atoms with E-state index in [4.69, 9.17) is 5.73 Å². The molecular weight excluding hydrogens is 256 g/mol. The van der Waals surface area contributed by atoms with Crippen LogP contribution in [0.4, 0.5) is 17.3 Å². The fourth-order valence-corrected chi connectivity index (χ4v) is 2.51. The quantitative estimate of drug-likeness (QED) is 0.865. The second-order valence-corrected chi connectivity index (χ2v) is 4.70. The number of anilines is 3. The first-order valence-electron chi connectivity index (χ1n) is 6.39. The molecule has 0 spiro atoms. The molecule has 20 heavy (non-hydrogen) atoms. The summed E-state index contributed by atoms with van der Waals surface area (Å²) in [6.07, 6.45) is 1.93. The third-order valence-electron chi connectivity index (χ3n) is 3.39. The summed E-state index contributed by atoms with van der Waals surface area (Å²) in [6, 6.07) is 9.28. The molecule has 2 heterocycles. The molecule has 0 aliphatic carbocycles. The van der Waals surface area contributed by atoms with Crippen LogP contribution in [-0.2, 0) is 6.42 Å². The number of hydrogen-bond acceptors (Lipinski definition) is 5. The summed E-state index contributed by atoms with van der Waals surface area (Å²) in [7, 11) is 0. The molecule has 102 valence electrons. The van der Waals surface area contributed by atoms with Crippen LogP contribution < -0.4 is 10.6 Å². The Bertz CT molecular complexity index is 672. The Morgan fingerprint density at radius 2 is 2.10 bits per heavy atom. The summed E-state index contributed by atoms with van der Waals surface area (Å²) < 4.78 is 0. The van der Waals surface area contributed by atoms with Crippen LogP contribution in [0.15, 0.2) is 30.3 Å². The number of carboxylic acids is 1. The Balaban J connectivity index is 2.13. The third-order valence-corrected chi connectivity index (χ3v) is 3.39. The number of aromatic nitrogens is 2. The van der Waals surface area contributed by atoms with Crippen molar-refractivity contribution in [1.29, 1.82) is 0 Å². The highest BCUT2D eigenvalue weighted by molar-refractivity contribution is 5.95. The van der Waals surface area contributed by atoms with Crippen molar-refractivity contribution in [2.45, 2.75) is 12.8 Å². The molecule has 3 N–H and O–H groups in total. The number of carbonyl (C=O) groups is 1. The zero-order valence-electron chi connectivity index (χ0n) is 10.8. The average molecular weight is 270 g/mol. The van der Waals surface area contributed by atoms with Gasteiger partial charge in [-0.2, -0.15) is 0 Å². The van der Waals surface area contributed by atoms with E-state index in [0.29, 0.717) is 5.82 Å². The van der Waals surface area contributed by atoms with E-state index in [9.17, 15) is 9.90 Å². The average Bonchev–Trinajstić information content (AvgIpc) is 2.46. The Morgan fingerprint density at radius 1 is 1.30 bits per heavy atom. The maximum atomic E-state index is 11.4. The van der Waals surface area contributed by atoms with Gasteiger partial charge in [-0.05, 0) is 24.5 Å². The van der Waals surface area contributed by atoms with E-state index < -0.39 is 5.97 Å². The molecular formula is C14H14N4O2. The number of rotatable bonds is 2. The Kier molecular flexibility index (Phi) is 2.98. The van der Waals surface area contributed by atoms with E-state index in [0.717, 1.165) is 25.1 Å². The van der Waals surface area contributed by atoms with Gasteiger partial charge in [0.15, 0.2) is 5.82 Å². The molecule has 2 aromatic rings. The molecule has 0 saturated heterocycles. The van der Waals surface area contributed by atoms with Crippen LogP contribution >= 0.6 is 0 Å². The van der Waals surface area contributed by atoms with Gasteiger partial charge in [-0.25, -0.2) is 4.79 Å². The fraction of sp³-hybridized carbons (Fsp3) is 0.214. The van der Waals surface area contributed by atoms with Crippen molar-refractivity contribution in [3.05, 3.63) is 41.5 Å². The monoisotopic (exact) mass is 270 g/mol. The Labute approximate surface area is 115 Å². The van der Waals surface area contributed by atoms with E-state index >= 15 is 0 Å². The number of nitrogens with two attached hydrogens (primary N) is 1. The molecule has 0 atom stereocenters. The van der Waals surface area contributed by atoms with Gasteiger partial charge in [-0.3, -0.25) is 0 Å². The summed E-state index contributed by atoms with van der Waals surface area (Å²) in [5.41, 5.74) is 7.79. The minimum atomic E-state index is -1.05. The minimum absolute atomic E-state index is 0.0780. The molecule has 1 aromatic carbocycles. The lowest BCUT2D eigenvalue weighted by Crippen LogP contribution is -2.27. The molecule has 1 aromatic heterocycles. The summed E-state index contributed by atoms with van der Waals surface area (Å²) >= 11 is 0. The lowest BCUT2D eigenvalue weighted by Gasteiger charge is -2.30. The predicted octanol–water partition coefficient (Wildman–Crippen LogP) is 1.84. The highest BCUT2D eigenvalue weighted by Gasteiger charge is 2.24. The van der Waals surface area contributed by atoms with Gasteiger partial charge in [0.25, 0.3) is 0 Å². The number of aromatic carboxylic acids is 1. The highest BCUT2D eigenvalue weighted by Crippen LogP contribution is 2.33. The first-order chi connectivity index (χ1) is 9.66. The second kappa shape index (κ2) is 4.80. The fourth-order valence-electron chi connectivity index (χ4n) is 2.51. The van der Waals surface area contributed by atoms with Crippen LogP contribution in [-0.4, -0.2) is 27.8 Å². The molecule has 0 fully saturated rings. The highest BCUT2D eigenvalue weighted by atomic mass is 16.4. The maximum Gasteiger partial charge on any atom is 0.339 e. The number of para-hydroxylation sites is 1. The Morgan fingerprint density at radius 3 is 2.90 bits per heavy atom. The van der Waals surface area contributed by atoms with Crippen LogP contribution in [0.5, 0.6) is 0 Å². The number of carboxylic acid groups (broad SMARTS) is 1. The Hall–Kier alpha value is -2.63. The van der Waals surface area contributed by atoms with Gasteiger partial charge in [0.2, 0.25) is 0 Å². The molecule has 0 saturated carbocycles. The van der Waals surface area contributed by atoms with Crippen molar-refractivity contribution in [2.24, 2.45) is 0 Å². The van der Waals surface area contributed by atoms with Gasteiger partial charge in [0, 0.05) is 18.3 Å². The van der Waals surface area contributed by atoms with Crippen LogP contribution in [0, 0.1) is 0 Å². The minimum Gasteiger partial charge on any atom is -0.478 e. The van der Waals surface area contributed by atoms with E-state index in [-0.39, 0.29) is 11.4 Å². The lowest BCUT2D eigenvalue weighted by molar-refractivity contribution is 0.0697. The predicted molar refractivity (Wildman–Crippen MR) is 75.2 cm³/mol. The first-order valence-corrected chi connectivity index (χ1v) is 6.39. The standard InChI is InChI=1S/C14H14N4O2/c15-12-8-10(14(19)20)13(17-16-12)18-7-3-5-9-4-1-2-6-11(9)18/h1-2,4,6,8H,3,5,7H2,(H2,15,16)(H,19,20). The van der Waals surface area contributed by atoms with Crippen LogP contribution in [0.3, 0.4) is 0 Å². The number of benzene rings is 1. The van der Waals surface area contributed by atoms with Crippen molar-refractivity contribution >= 4 is 23.3 Å².